The predicted molar refractivity (Wildman–Crippen MR) is 102 cm³/mol. The summed E-state index contributed by atoms with van der Waals surface area (Å²) in [6.07, 6.45) is 4.55. The quantitative estimate of drug-likeness (QED) is 0.326. The van der Waals surface area contributed by atoms with E-state index in [0.717, 1.165) is 30.8 Å². The van der Waals surface area contributed by atoms with Crippen LogP contribution in [0.2, 0.25) is 0 Å². The van der Waals surface area contributed by atoms with Crippen LogP contribution in [0.3, 0.4) is 0 Å². The maximum absolute atomic E-state index is 10.8. The van der Waals surface area contributed by atoms with Crippen LogP contribution in [0.4, 0.5) is 11.4 Å². The number of rotatable bonds is 10. The molecule has 0 unspecified atom stereocenters. The molecule has 0 aliphatic heterocycles. The van der Waals surface area contributed by atoms with Crippen LogP contribution >= 0.6 is 12.6 Å². The largest absolute Gasteiger partial charge is 0.494 e. The minimum absolute atomic E-state index is 0.228. The van der Waals surface area contributed by atoms with Crippen LogP contribution in [0, 0.1) is 0 Å². The van der Waals surface area contributed by atoms with Crippen molar-refractivity contribution < 1.29 is 14.6 Å². The molecule has 0 aromatic heterocycles. The third-order valence-corrected chi connectivity index (χ3v) is 3.87. The smallest absolute Gasteiger partial charge is 0.335 e. The number of hydrogen-bond acceptors (Lipinski definition) is 5. The Morgan fingerprint density at radius 3 is 2.00 bits per heavy atom. The second-order valence-electron chi connectivity index (χ2n) is 5.53. The predicted octanol–water partition coefficient (Wildman–Crippen LogP) is 5.67. The third kappa shape index (κ3) is 6.97. The molecule has 132 valence electrons. The Bertz CT molecular complexity index is 685. The molecule has 0 atom stereocenters. The SMILES string of the molecule is O=C(O)c1ccc(/N=N/c2ccc(OCCCCCCS)cc2)cc1. The number of benzene rings is 2. The van der Waals surface area contributed by atoms with Gasteiger partial charge in [-0.25, -0.2) is 4.79 Å². The highest BCUT2D eigenvalue weighted by atomic mass is 32.1. The summed E-state index contributed by atoms with van der Waals surface area (Å²) in [5.74, 6) is 0.806. The number of thiol groups is 1. The van der Waals surface area contributed by atoms with Crippen molar-refractivity contribution in [2.75, 3.05) is 12.4 Å². The number of carboxylic acid groups (broad SMARTS) is 1. The van der Waals surface area contributed by atoms with E-state index in [4.69, 9.17) is 9.84 Å². The highest BCUT2D eigenvalue weighted by molar-refractivity contribution is 7.80. The molecule has 0 heterocycles. The second-order valence-corrected chi connectivity index (χ2v) is 5.98. The number of nitrogens with zero attached hydrogens (tertiary/aromatic N) is 2. The van der Waals surface area contributed by atoms with Gasteiger partial charge in [0, 0.05) is 0 Å². The number of carboxylic acids is 1. The average Bonchev–Trinajstić information content (AvgIpc) is 2.64. The molecular formula is C19H22N2O3S. The molecule has 0 radical (unpaired) electrons. The first-order valence-electron chi connectivity index (χ1n) is 8.28. The molecule has 0 saturated heterocycles. The molecule has 2 aromatic carbocycles. The first-order chi connectivity index (χ1) is 12.2. The van der Waals surface area contributed by atoms with E-state index < -0.39 is 5.97 Å². The van der Waals surface area contributed by atoms with Crippen molar-refractivity contribution >= 4 is 30.0 Å². The lowest BCUT2D eigenvalue weighted by molar-refractivity contribution is 0.0697. The van der Waals surface area contributed by atoms with Crippen LogP contribution in [-0.2, 0) is 0 Å². The zero-order valence-corrected chi connectivity index (χ0v) is 14.9. The fourth-order valence-electron chi connectivity index (χ4n) is 2.15. The molecule has 0 fully saturated rings. The van der Waals surface area contributed by atoms with E-state index in [-0.39, 0.29) is 5.56 Å². The van der Waals surface area contributed by atoms with Crippen LogP contribution in [0.5, 0.6) is 5.75 Å². The van der Waals surface area contributed by atoms with Crippen molar-refractivity contribution in [2.24, 2.45) is 10.2 Å². The summed E-state index contributed by atoms with van der Waals surface area (Å²) in [4.78, 5) is 10.8. The van der Waals surface area contributed by atoms with Crippen molar-refractivity contribution in [1.29, 1.82) is 0 Å². The highest BCUT2D eigenvalue weighted by Crippen LogP contribution is 2.21. The first-order valence-corrected chi connectivity index (χ1v) is 8.91. The minimum atomic E-state index is -0.958. The van der Waals surface area contributed by atoms with Gasteiger partial charge in [-0.15, -0.1) is 0 Å². The van der Waals surface area contributed by atoms with E-state index in [0.29, 0.717) is 18.0 Å². The number of ether oxygens (including phenoxy) is 1. The van der Waals surface area contributed by atoms with Crippen LogP contribution in [-0.4, -0.2) is 23.4 Å². The fourth-order valence-corrected chi connectivity index (χ4v) is 2.38. The Hall–Kier alpha value is -2.34. The Morgan fingerprint density at radius 2 is 1.44 bits per heavy atom. The van der Waals surface area contributed by atoms with Crippen LogP contribution in [0.1, 0.15) is 36.0 Å². The molecule has 25 heavy (non-hydrogen) atoms. The zero-order valence-electron chi connectivity index (χ0n) is 14.0. The Labute approximate surface area is 153 Å². The molecule has 0 aliphatic carbocycles. The van der Waals surface area contributed by atoms with Gasteiger partial charge >= 0.3 is 5.97 Å². The molecule has 0 bridgehead atoms. The van der Waals surface area contributed by atoms with E-state index in [1.807, 2.05) is 24.3 Å². The summed E-state index contributed by atoms with van der Waals surface area (Å²) < 4.78 is 5.69. The molecule has 0 amide bonds. The van der Waals surface area contributed by atoms with Gasteiger partial charge in [0.25, 0.3) is 0 Å². The van der Waals surface area contributed by atoms with E-state index in [1.165, 1.54) is 18.6 Å². The highest BCUT2D eigenvalue weighted by Gasteiger charge is 2.01. The molecule has 0 aliphatic rings. The molecule has 5 nitrogen and oxygen atoms in total. The van der Waals surface area contributed by atoms with Crippen molar-refractivity contribution in [3.05, 3.63) is 54.1 Å². The summed E-state index contributed by atoms with van der Waals surface area (Å²) in [6, 6.07) is 13.7. The van der Waals surface area contributed by atoms with Gasteiger partial charge in [-0.05, 0) is 67.1 Å². The zero-order chi connectivity index (χ0) is 17.9. The monoisotopic (exact) mass is 358 g/mol. The summed E-state index contributed by atoms with van der Waals surface area (Å²) in [7, 11) is 0. The van der Waals surface area contributed by atoms with Gasteiger partial charge in [0.2, 0.25) is 0 Å². The van der Waals surface area contributed by atoms with Crippen LogP contribution in [0.25, 0.3) is 0 Å². The second kappa shape index (κ2) is 10.5. The minimum Gasteiger partial charge on any atom is -0.494 e. The van der Waals surface area contributed by atoms with Gasteiger partial charge in [0.05, 0.1) is 23.5 Å². The van der Waals surface area contributed by atoms with Crippen molar-refractivity contribution in [3.63, 3.8) is 0 Å². The number of carbonyl (C=O) groups is 1. The topological polar surface area (TPSA) is 71.2 Å². The molecule has 2 rings (SSSR count). The summed E-state index contributed by atoms with van der Waals surface area (Å²) in [6.45, 7) is 0.712. The van der Waals surface area contributed by atoms with Gasteiger partial charge < -0.3 is 9.84 Å². The molecule has 0 spiro atoms. The molecule has 0 saturated carbocycles. The number of azo groups is 1. The Morgan fingerprint density at radius 1 is 0.880 bits per heavy atom. The Kier molecular flexibility index (Phi) is 7.98. The molecule has 2 aromatic rings. The standard InChI is InChI=1S/C19H22N2O3S/c22-19(23)15-5-7-16(8-6-15)20-21-17-9-11-18(12-10-17)24-13-3-1-2-4-14-25/h5-12,25H,1-4,13-14H2,(H,22,23)/b21-20+. The lowest BCUT2D eigenvalue weighted by Crippen LogP contribution is -1.96. The maximum atomic E-state index is 10.8. The summed E-state index contributed by atoms with van der Waals surface area (Å²) in [5.41, 5.74) is 1.54. The average molecular weight is 358 g/mol. The van der Waals surface area contributed by atoms with Crippen molar-refractivity contribution in [3.8, 4) is 5.75 Å². The Balaban J connectivity index is 1.80. The van der Waals surface area contributed by atoms with Crippen molar-refractivity contribution in [2.45, 2.75) is 25.7 Å². The summed E-state index contributed by atoms with van der Waals surface area (Å²) >= 11 is 4.19. The maximum Gasteiger partial charge on any atom is 0.335 e. The van der Waals surface area contributed by atoms with Gasteiger partial charge in [0.15, 0.2) is 0 Å². The fraction of sp³-hybridized carbons (Fsp3) is 0.316. The van der Waals surface area contributed by atoms with E-state index in [9.17, 15) is 4.79 Å². The van der Waals surface area contributed by atoms with Crippen LogP contribution in [0.15, 0.2) is 58.8 Å². The van der Waals surface area contributed by atoms with E-state index in [1.54, 1.807) is 12.1 Å². The first kappa shape index (κ1) is 19.0. The normalized spacial score (nSPS) is 10.9. The summed E-state index contributed by atoms with van der Waals surface area (Å²) in [5, 5.41) is 17.1. The molecule has 1 N–H and O–H groups in total. The van der Waals surface area contributed by atoms with Gasteiger partial charge in [-0.2, -0.15) is 22.9 Å². The lowest BCUT2D eigenvalue weighted by atomic mass is 10.2. The third-order valence-electron chi connectivity index (χ3n) is 3.55. The number of unbranched alkanes of at least 4 members (excludes halogenated alkanes) is 3. The van der Waals surface area contributed by atoms with Gasteiger partial charge in [0.1, 0.15) is 5.75 Å². The number of aromatic carboxylic acids is 1. The lowest BCUT2D eigenvalue weighted by Gasteiger charge is -2.05. The molecule has 6 heteroatoms. The molecular weight excluding hydrogens is 336 g/mol. The van der Waals surface area contributed by atoms with E-state index >= 15 is 0 Å². The van der Waals surface area contributed by atoms with Crippen LogP contribution < -0.4 is 4.74 Å². The van der Waals surface area contributed by atoms with Gasteiger partial charge in [-0.1, -0.05) is 12.8 Å². The van der Waals surface area contributed by atoms with Crippen molar-refractivity contribution in [1.82, 2.24) is 0 Å². The number of hydrogen-bond donors (Lipinski definition) is 2. The van der Waals surface area contributed by atoms with Gasteiger partial charge in [-0.3, -0.25) is 0 Å². The van der Waals surface area contributed by atoms with E-state index in [2.05, 4.69) is 22.9 Å².